The maximum absolute atomic E-state index is 12.8. The molecule has 2 rings (SSSR count). The number of nitrogens with two attached hydrogens (primary N) is 1. The zero-order valence-electron chi connectivity index (χ0n) is 11.0. The maximum Gasteiger partial charge on any atom is 0.416 e. The lowest BCUT2D eigenvalue weighted by molar-refractivity contribution is -0.137. The highest BCUT2D eigenvalue weighted by molar-refractivity contribution is 5.59. The molecule has 20 heavy (non-hydrogen) atoms. The average molecular weight is 291 g/mol. The predicted molar refractivity (Wildman–Crippen MR) is 70.5 cm³/mol. The van der Waals surface area contributed by atoms with Crippen molar-refractivity contribution in [2.45, 2.75) is 6.18 Å². The van der Waals surface area contributed by atoms with Crippen molar-refractivity contribution in [3.05, 3.63) is 23.8 Å². The van der Waals surface area contributed by atoms with Crippen molar-refractivity contribution < 1.29 is 17.6 Å². The molecule has 0 spiro atoms. The lowest BCUT2D eigenvalue weighted by Crippen LogP contribution is -2.47. The first-order chi connectivity index (χ1) is 9.40. The van der Waals surface area contributed by atoms with E-state index < -0.39 is 18.4 Å². The average Bonchev–Trinajstić information content (AvgIpc) is 2.38. The van der Waals surface area contributed by atoms with Gasteiger partial charge in [0.2, 0.25) is 0 Å². The fraction of sp³-hybridized carbons (Fsp3) is 0.538. The molecule has 1 aromatic carbocycles. The first-order valence-corrected chi connectivity index (χ1v) is 6.41. The summed E-state index contributed by atoms with van der Waals surface area (Å²) < 4.78 is 50.5. The van der Waals surface area contributed by atoms with Crippen LogP contribution < -0.4 is 10.6 Å². The standard InChI is InChI=1S/C13H17F4N3/c14-1-2-19-3-5-20(6-4-19)12-8-10(13(15,16)17)7-11(18)9-12/h7-9H,1-6,18H2. The SMILES string of the molecule is Nc1cc(N2CCN(CCF)CC2)cc(C(F)(F)F)c1. The number of halogens is 4. The van der Waals surface area contributed by atoms with Crippen molar-refractivity contribution in [1.82, 2.24) is 4.90 Å². The number of rotatable bonds is 3. The summed E-state index contributed by atoms with van der Waals surface area (Å²) in [5.41, 5.74) is 5.38. The highest BCUT2D eigenvalue weighted by atomic mass is 19.4. The number of nitrogens with zero attached hydrogens (tertiary/aromatic N) is 2. The second kappa shape index (κ2) is 5.87. The van der Waals surface area contributed by atoms with E-state index >= 15 is 0 Å². The van der Waals surface area contributed by atoms with E-state index in [9.17, 15) is 17.6 Å². The van der Waals surface area contributed by atoms with Crippen LogP contribution in [0, 0.1) is 0 Å². The van der Waals surface area contributed by atoms with E-state index in [0.717, 1.165) is 12.1 Å². The third kappa shape index (κ3) is 3.53. The van der Waals surface area contributed by atoms with Crippen LogP contribution in [0.5, 0.6) is 0 Å². The Morgan fingerprint density at radius 1 is 1.05 bits per heavy atom. The second-order valence-corrected chi connectivity index (χ2v) is 4.83. The van der Waals surface area contributed by atoms with Crippen LogP contribution in [-0.4, -0.2) is 44.3 Å². The highest BCUT2D eigenvalue weighted by Crippen LogP contribution is 2.33. The van der Waals surface area contributed by atoms with Gasteiger partial charge < -0.3 is 10.6 Å². The lowest BCUT2D eigenvalue weighted by atomic mass is 10.1. The van der Waals surface area contributed by atoms with Gasteiger partial charge in [0.05, 0.1) is 5.56 Å². The quantitative estimate of drug-likeness (QED) is 0.685. The minimum absolute atomic E-state index is 0.0982. The van der Waals surface area contributed by atoms with Crippen molar-refractivity contribution in [2.75, 3.05) is 50.0 Å². The molecule has 0 amide bonds. The van der Waals surface area contributed by atoms with Gasteiger partial charge in [-0.1, -0.05) is 0 Å². The first-order valence-electron chi connectivity index (χ1n) is 6.41. The Balaban J connectivity index is 2.12. The minimum atomic E-state index is -4.40. The van der Waals surface area contributed by atoms with Gasteiger partial charge in [0.1, 0.15) is 6.67 Å². The van der Waals surface area contributed by atoms with Crippen molar-refractivity contribution in [2.24, 2.45) is 0 Å². The normalized spacial score (nSPS) is 17.5. The molecular weight excluding hydrogens is 274 g/mol. The van der Waals surface area contributed by atoms with Crippen LogP contribution in [0.3, 0.4) is 0 Å². The Hall–Kier alpha value is -1.50. The van der Waals surface area contributed by atoms with Gasteiger partial charge in [0, 0.05) is 44.1 Å². The number of alkyl halides is 4. The van der Waals surface area contributed by atoms with Crippen molar-refractivity contribution in [3.8, 4) is 0 Å². The van der Waals surface area contributed by atoms with Gasteiger partial charge in [-0.05, 0) is 18.2 Å². The fourth-order valence-corrected chi connectivity index (χ4v) is 2.33. The molecule has 1 heterocycles. The van der Waals surface area contributed by atoms with E-state index in [1.54, 1.807) is 6.07 Å². The van der Waals surface area contributed by atoms with Crippen LogP contribution in [0.25, 0.3) is 0 Å². The number of benzene rings is 1. The van der Waals surface area contributed by atoms with Gasteiger partial charge >= 0.3 is 6.18 Å². The minimum Gasteiger partial charge on any atom is -0.399 e. The van der Waals surface area contributed by atoms with Crippen LogP contribution in [0.2, 0.25) is 0 Å². The molecule has 0 aromatic heterocycles. The molecule has 0 unspecified atom stereocenters. The van der Waals surface area contributed by atoms with Gasteiger partial charge in [-0.2, -0.15) is 13.2 Å². The zero-order chi connectivity index (χ0) is 14.8. The summed E-state index contributed by atoms with van der Waals surface area (Å²) in [6, 6.07) is 3.59. The molecule has 0 bridgehead atoms. The van der Waals surface area contributed by atoms with Crippen LogP contribution in [0.4, 0.5) is 28.9 Å². The number of nitrogen functional groups attached to an aromatic ring is 1. The lowest BCUT2D eigenvalue weighted by Gasteiger charge is -2.36. The van der Waals surface area contributed by atoms with E-state index in [0.29, 0.717) is 38.4 Å². The molecular formula is C13H17F4N3. The van der Waals surface area contributed by atoms with Crippen LogP contribution in [0.1, 0.15) is 5.56 Å². The largest absolute Gasteiger partial charge is 0.416 e. The summed E-state index contributed by atoms with van der Waals surface area (Å²) in [6.07, 6.45) is -4.40. The maximum atomic E-state index is 12.8. The Morgan fingerprint density at radius 3 is 2.25 bits per heavy atom. The molecule has 0 saturated carbocycles. The third-order valence-corrected chi connectivity index (χ3v) is 3.41. The fourth-order valence-electron chi connectivity index (χ4n) is 2.33. The van der Waals surface area contributed by atoms with Gasteiger partial charge in [0.15, 0.2) is 0 Å². The van der Waals surface area contributed by atoms with Crippen molar-refractivity contribution in [3.63, 3.8) is 0 Å². The molecule has 1 aliphatic rings. The molecule has 2 N–H and O–H groups in total. The molecule has 1 saturated heterocycles. The number of piperazine rings is 1. The topological polar surface area (TPSA) is 32.5 Å². The Kier molecular flexibility index (Phi) is 4.37. The van der Waals surface area contributed by atoms with Crippen molar-refractivity contribution >= 4 is 11.4 Å². The van der Waals surface area contributed by atoms with Crippen molar-refractivity contribution in [1.29, 1.82) is 0 Å². The van der Waals surface area contributed by atoms with E-state index in [4.69, 9.17) is 5.73 Å². The Labute approximate surface area is 115 Å². The summed E-state index contributed by atoms with van der Waals surface area (Å²) in [5, 5.41) is 0. The van der Waals surface area contributed by atoms with Gasteiger partial charge in [-0.3, -0.25) is 4.90 Å². The van der Waals surface area contributed by atoms with Crippen LogP contribution in [0.15, 0.2) is 18.2 Å². The molecule has 7 heteroatoms. The monoisotopic (exact) mass is 291 g/mol. The highest BCUT2D eigenvalue weighted by Gasteiger charge is 2.31. The first kappa shape index (κ1) is 14.9. The summed E-state index contributed by atoms with van der Waals surface area (Å²) in [6.45, 7) is 2.39. The van der Waals surface area contributed by atoms with E-state index in [1.165, 1.54) is 0 Å². The molecule has 112 valence electrons. The second-order valence-electron chi connectivity index (χ2n) is 4.83. The number of hydrogen-bond acceptors (Lipinski definition) is 3. The van der Waals surface area contributed by atoms with Crippen LogP contribution in [-0.2, 0) is 6.18 Å². The van der Waals surface area contributed by atoms with Gasteiger partial charge in [-0.15, -0.1) is 0 Å². The summed E-state index contributed by atoms with van der Waals surface area (Å²) >= 11 is 0. The Bertz CT molecular complexity index is 453. The van der Waals surface area contributed by atoms with E-state index in [2.05, 4.69) is 0 Å². The van der Waals surface area contributed by atoms with Gasteiger partial charge in [0.25, 0.3) is 0 Å². The molecule has 0 radical (unpaired) electrons. The predicted octanol–water partition coefficient (Wildman–Crippen LogP) is 2.38. The van der Waals surface area contributed by atoms with Gasteiger partial charge in [-0.25, -0.2) is 4.39 Å². The molecule has 0 atom stereocenters. The van der Waals surface area contributed by atoms with E-state index in [1.807, 2.05) is 9.80 Å². The Morgan fingerprint density at radius 2 is 1.70 bits per heavy atom. The molecule has 0 aliphatic carbocycles. The smallest absolute Gasteiger partial charge is 0.399 e. The van der Waals surface area contributed by atoms with E-state index in [-0.39, 0.29) is 5.69 Å². The summed E-state index contributed by atoms with van der Waals surface area (Å²) in [7, 11) is 0. The van der Waals surface area contributed by atoms with Crippen LogP contribution >= 0.6 is 0 Å². The third-order valence-electron chi connectivity index (χ3n) is 3.41. The summed E-state index contributed by atoms with van der Waals surface area (Å²) in [4.78, 5) is 3.80. The number of hydrogen-bond donors (Lipinski definition) is 1. The molecule has 3 nitrogen and oxygen atoms in total. The molecule has 1 aromatic rings. The summed E-state index contributed by atoms with van der Waals surface area (Å²) in [5.74, 6) is 0. The zero-order valence-corrected chi connectivity index (χ0v) is 11.0. The number of anilines is 2. The molecule has 1 fully saturated rings. The molecule has 1 aliphatic heterocycles.